The van der Waals surface area contributed by atoms with Crippen molar-refractivity contribution in [1.29, 1.82) is 0 Å². The molecule has 0 aliphatic heterocycles. The van der Waals surface area contributed by atoms with Crippen molar-refractivity contribution in [3.05, 3.63) is 110 Å². The van der Waals surface area contributed by atoms with Gasteiger partial charge in [-0.25, -0.2) is 9.07 Å². The second-order valence-corrected chi connectivity index (χ2v) is 9.61. The average Bonchev–Trinajstić information content (AvgIpc) is 3.54. The summed E-state index contributed by atoms with van der Waals surface area (Å²) in [5.74, 6) is -0.336. The Kier molecular flexibility index (Phi) is 7.69. The first-order chi connectivity index (χ1) is 18.4. The number of H-pyrrole nitrogens is 1. The molecule has 2 N–H and O–H groups in total. The summed E-state index contributed by atoms with van der Waals surface area (Å²) in [4.78, 5) is 13.5. The van der Waals surface area contributed by atoms with E-state index in [9.17, 15) is 9.18 Å². The molecule has 0 saturated carbocycles. The smallest absolute Gasteiger partial charge is 0.272 e. The Morgan fingerprint density at radius 3 is 2.39 bits per heavy atom. The van der Waals surface area contributed by atoms with E-state index in [1.54, 1.807) is 47.1 Å². The highest BCUT2D eigenvalue weighted by Gasteiger charge is 2.27. The Labute approximate surface area is 231 Å². The van der Waals surface area contributed by atoms with E-state index >= 15 is 0 Å². The molecule has 38 heavy (non-hydrogen) atoms. The maximum Gasteiger partial charge on any atom is 0.272 e. The van der Waals surface area contributed by atoms with Gasteiger partial charge >= 0.3 is 0 Å². The van der Waals surface area contributed by atoms with E-state index in [1.165, 1.54) is 12.1 Å². The van der Waals surface area contributed by atoms with E-state index in [0.717, 1.165) is 11.1 Å². The SMILES string of the molecule is O=C(NCCc1ccc(F)cc1)c1nn(-c2ccc(Cl)cc2Cl)c(-c2ccc(Cl)cc2)c1Cc1nn[nH]n1. The minimum absolute atomic E-state index is 0.167. The zero-order valence-electron chi connectivity index (χ0n) is 19.6. The molecule has 0 spiro atoms. The number of nitrogens with zero attached hydrogens (tertiary/aromatic N) is 5. The Bertz CT molecular complexity index is 1570. The molecule has 192 valence electrons. The van der Waals surface area contributed by atoms with Gasteiger partial charge in [-0.1, -0.05) is 64.3 Å². The molecule has 0 unspecified atom stereocenters. The molecule has 0 aliphatic rings. The number of aromatic amines is 1. The first-order valence-electron chi connectivity index (χ1n) is 11.5. The zero-order chi connectivity index (χ0) is 26.6. The number of halogens is 4. The van der Waals surface area contributed by atoms with Crippen LogP contribution in [0.2, 0.25) is 15.1 Å². The van der Waals surface area contributed by atoms with Gasteiger partial charge in [0.2, 0.25) is 0 Å². The molecule has 8 nitrogen and oxygen atoms in total. The third-order valence-electron chi connectivity index (χ3n) is 5.79. The fourth-order valence-electron chi connectivity index (χ4n) is 4.00. The van der Waals surface area contributed by atoms with Crippen LogP contribution in [0.1, 0.15) is 27.4 Å². The number of nitrogens with one attached hydrogen (secondary N) is 2. The van der Waals surface area contributed by atoms with Crippen LogP contribution in [0.5, 0.6) is 0 Å². The van der Waals surface area contributed by atoms with Crippen molar-refractivity contribution in [2.24, 2.45) is 0 Å². The first kappa shape index (κ1) is 25.8. The highest BCUT2D eigenvalue weighted by molar-refractivity contribution is 6.35. The Morgan fingerprint density at radius 1 is 0.974 bits per heavy atom. The van der Waals surface area contributed by atoms with Crippen molar-refractivity contribution in [2.45, 2.75) is 12.8 Å². The van der Waals surface area contributed by atoms with Crippen LogP contribution in [0.25, 0.3) is 16.9 Å². The fraction of sp³-hybridized carbons (Fsp3) is 0.115. The maximum absolute atomic E-state index is 13.5. The third kappa shape index (κ3) is 5.70. The lowest BCUT2D eigenvalue weighted by Gasteiger charge is -2.11. The van der Waals surface area contributed by atoms with Crippen molar-refractivity contribution in [2.75, 3.05) is 6.54 Å². The summed E-state index contributed by atoms with van der Waals surface area (Å²) in [5, 5.41) is 23.2. The standard InChI is InChI=1S/C26H19Cl3FN7O/c27-17-5-3-16(4-6-17)25-20(14-23-32-35-36-33-23)24(34-37(25)22-10-7-18(28)13-21(22)29)26(38)31-12-11-15-1-8-19(30)9-2-15/h1-10,13H,11-12,14H2,(H,31,38)(H,32,33,35,36). The summed E-state index contributed by atoms with van der Waals surface area (Å²) in [5.41, 5.74) is 3.51. The van der Waals surface area contributed by atoms with Gasteiger partial charge in [0.05, 0.1) is 16.4 Å². The predicted octanol–water partition coefficient (Wildman–Crippen LogP) is 5.72. The second-order valence-electron chi connectivity index (χ2n) is 8.33. The summed E-state index contributed by atoms with van der Waals surface area (Å²) < 4.78 is 14.8. The number of benzene rings is 3. The quantitative estimate of drug-likeness (QED) is 0.249. The molecule has 0 aliphatic carbocycles. The van der Waals surface area contributed by atoms with Crippen LogP contribution in [0, 0.1) is 5.82 Å². The van der Waals surface area contributed by atoms with Gasteiger partial charge in [-0.15, -0.1) is 10.2 Å². The molecule has 2 heterocycles. The number of hydrogen-bond donors (Lipinski definition) is 2. The summed E-state index contributed by atoms with van der Waals surface area (Å²) in [6.07, 6.45) is 0.681. The van der Waals surface area contributed by atoms with Gasteiger partial charge in [-0.3, -0.25) is 4.79 Å². The summed E-state index contributed by atoms with van der Waals surface area (Å²) in [6, 6.07) is 18.3. The van der Waals surface area contributed by atoms with Crippen molar-refractivity contribution in [3.8, 4) is 16.9 Å². The molecule has 12 heteroatoms. The van der Waals surface area contributed by atoms with Crippen LogP contribution in [0.15, 0.2) is 66.7 Å². The lowest BCUT2D eigenvalue weighted by molar-refractivity contribution is 0.0948. The number of aromatic nitrogens is 6. The van der Waals surface area contributed by atoms with Gasteiger partial charge in [-0.05, 0) is 54.4 Å². The van der Waals surface area contributed by atoms with Gasteiger partial charge < -0.3 is 5.32 Å². The van der Waals surface area contributed by atoms with E-state index in [1.807, 2.05) is 12.1 Å². The number of tetrazole rings is 1. The predicted molar refractivity (Wildman–Crippen MR) is 143 cm³/mol. The van der Waals surface area contributed by atoms with E-state index in [-0.39, 0.29) is 17.9 Å². The number of hydrogen-bond acceptors (Lipinski definition) is 5. The lowest BCUT2D eigenvalue weighted by atomic mass is 10.0. The Morgan fingerprint density at radius 2 is 1.71 bits per heavy atom. The van der Waals surface area contributed by atoms with Gasteiger partial charge in [0, 0.05) is 34.1 Å². The summed E-state index contributed by atoms with van der Waals surface area (Å²) in [6.45, 7) is 0.316. The van der Waals surface area contributed by atoms with Crippen LogP contribution < -0.4 is 5.32 Å². The lowest BCUT2D eigenvalue weighted by Crippen LogP contribution is -2.27. The number of rotatable bonds is 8. The monoisotopic (exact) mass is 569 g/mol. The van der Waals surface area contributed by atoms with Crippen LogP contribution in [-0.4, -0.2) is 42.9 Å². The van der Waals surface area contributed by atoms with Crippen molar-refractivity contribution in [3.63, 3.8) is 0 Å². The minimum Gasteiger partial charge on any atom is -0.350 e. The minimum atomic E-state index is -0.398. The van der Waals surface area contributed by atoms with E-state index < -0.39 is 5.91 Å². The molecular formula is C26H19Cl3FN7O. The largest absolute Gasteiger partial charge is 0.350 e. The van der Waals surface area contributed by atoms with Gasteiger partial charge in [0.15, 0.2) is 11.5 Å². The molecule has 5 rings (SSSR count). The van der Waals surface area contributed by atoms with Crippen LogP contribution >= 0.6 is 34.8 Å². The molecule has 0 atom stereocenters. The molecule has 2 aromatic heterocycles. The van der Waals surface area contributed by atoms with Crippen molar-refractivity contribution < 1.29 is 9.18 Å². The highest BCUT2D eigenvalue weighted by atomic mass is 35.5. The normalized spacial score (nSPS) is 11.1. The Hall–Kier alpha value is -3.79. The van der Waals surface area contributed by atoms with Crippen LogP contribution in [0.3, 0.4) is 0 Å². The average molecular weight is 571 g/mol. The van der Waals surface area contributed by atoms with E-state index in [2.05, 4.69) is 25.9 Å². The summed E-state index contributed by atoms with van der Waals surface area (Å²) >= 11 is 18.8. The molecule has 0 saturated heterocycles. The van der Waals surface area contributed by atoms with E-state index in [0.29, 0.717) is 50.8 Å². The second kappa shape index (κ2) is 11.3. The number of carbonyl (C=O) groups excluding carboxylic acids is 1. The van der Waals surface area contributed by atoms with Crippen LogP contribution in [-0.2, 0) is 12.8 Å². The molecule has 3 aromatic carbocycles. The molecule has 0 bridgehead atoms. The third-order valence-corrected chi connectivity index (χ3v) is 6.58. The Balaban J connectivity index is 1.58. The van der Waals surface area contributed by atoms with Gasteiger partial charge in [0.1, 0.15) is 5.82 Å². The van der Waals surface area contributed by atoms with Gasteiger partial charge in [-0.2, -0.15) is 10.3 Å². The van der Waals surface area contributed by atoms with Gasteiger partial charge in [0.25, 0.3) is 5.91 Å². The fourth-order valence-corrected chi connectivity index (χ4v) is 4.62. The van der Waals surface area contributed by atoms with Crippen molar-refractivity contribution >= 4 is 40.7 Å². The molecule has 0 radical (unpaired) electrons. The topological polar surface area (TPSA) is 101 Å². The highest BCUT2D eigenvalue weighted by Crippen LogP contribution is 2.34. The maximum atomic E-state index is 13.5. The molecular weight excluding hydrogens is 552 g/mol. The number of amides is 1. The first-order valence-corrected chi connectivity index (χ1v) is 12.6. The molecule has 1 amide bonds. The molecule has 0 fully saturated rings. The zero-order valence-corrected chi connectivity index (χ0v) is 21.9. The van der Waals surface area contributed by atoms with Crippen LogP contribution in [0.4, 0.5) is 4.39 Å². The number of carbonyl (C=O) groups is 1. The van der Waals surface area contributed by atoms with Crippen molar-refractivity contribution in [1.82, 2.24) is 35.7 Å². The van der Waals surface area contributed by atoms with E-state index in [4.69, 9.17) is 39.9 Å². The molecule has 5 aromatic rings. The summed E-state index contributed by atoms with van der Waals surface area (Å²) in [7, 11) is 0.